The highest BCUT2D eigenvalue weighted by atomic mass is 16.2. The Morgan fingerprint density at radius 3 is 2.30 bits per heavy atom. The van der Waals surface area contributed by atoms with Crippen LogP contribution in [0.2, 0.25) is 0 Å². The van der Waals surface area contributed by atoms with Gasteiger partial charge in [-0.25, -0.2) is 0 Å². The van der Waals surface area contributed by atoms with Crippen LogP contribution in [0.5, 0.6) is 0 Å². The van der Waals surface area contributed by atoms with Crippen molar-refractivity contribution < 1.29 is 14.4 Å². The van der Waals surface area contributed by atoms with Crippen molar-refractivity contribution in [3.63, 3.8) is 0 Å². The minimum absolute atomic E-state index is 0.178. The predicted octanol–water partition coefficient (Wildman–Crippen LogP) is 2.28. The second-order valence-electron chi connectivity index (χ2n) is 5.91. The Morgan fingerprint density at radius 1 is 1.09 bits per heavy atom. The molecule has 1 aliphatic carbocycles. The van der Waals surface area contributed by atoms with Crippen molar-refractivity contribution in [3.05, 3.63) is 24.3 Å². The van der Waals surface area contributed by atoms with Gasteiger partial charge in [-0.3, -0.25) is 14.4 Å². The van der Waals surface area contributed by atoms with Crippen LogP contribution in [0.4, 0.5) is 11.4 Å². The average molecular weight is 317 g/mol. The third kappa shape index (κ3) is 4.31. The molecule has 0 radical (unpaired) electrons. The first-order chi connectivity index (χ1) is 11.0. The monoisotopic (exact) mass is 317 g/mol. The molecule has 0 heterocycles. The van der Waals surface area contributed by atoms with Gasteiger partial charge < -0.3 is 16.0 Å². The third-order valence-corrected chi connectivity index (χ3v) is 3.88. The summed E-state index contributed by atoms with van der Waals surface area (Å²) < 4.78 is 0. The second kappa shape index (κ2) is 7.26. The molecular weight excluding hydrogens is 294 g/mol. The number of hydrogen-bond donors (Lipinski definition) is 3. The molecule has 0 atom stereocenters. The molecule has 0 saturated heterocycles. The Bertz CT molecular complexity index is 609. The molecule has 0 aliphatic heterocycles. The van der Waals surface area contributed by atoms with Crippen LogP contribution in [0.3, 0.4) is 0 Å². The molecule has 1 aliphatic rings. The lowest BCUT2D eigenvalue weighted by atomic mass is 10.0. The zero-order valence-corrected chi connectivity index (χ0v) is 13.6. The van der Waals surface area contributed by atoms with E-state index in [9.17, 15) is 14.4 Å². The fraction of sp³-hybridized carbons (Fsp3) is 0.471. The summed E-state index contributed by atoms with van der Waals surface area (Å²) >= 11 is 0. The lowest BCUT2D eigenvalue weighted by Crippen LogP contribution is -2.40. The Labute approximate surface area is 136 Å². The maximum absolute atomic E-state index is 12.4. The van der Waals surface area contributed by atoms with Crippen LogP contribution < -0.4 is 16.0 Å². The number of benzene rings is 1. The van der Waals surface area contributed by atoms with E-state index in [1.54, 1.807) is 24.3 Å². The molecule has 6 nitrogen and oxygen atoms in total. The number of hydrogen-bond acceptors (Lipinski definition) is 3. The van der Waals surface area contributed by atoms with Crippen molar-refractivity contribution in [2.75, 3.05) is 17.2 Å². The van der Waals surface area contributed by atoms with Gasteiger partial charge in [-0.2, -0.15) is 0 Å². The van der Waals surface area contributed by atoms with Gasteiger partial charge >= 0.3 is 0 Å². The predicted molar refractivity (Wildman–Crippen MR) is 89.0 cm³/mol. The van der Waals surface area contributed by atoms with Crippen LogP contribution in [0.25, 0.3) is 0 Å². The van der Waals surface area contributed by atoms with Crippen molar-refractivity contribution in [1.82, 2.24) is 5.32 Å². The molecule has 3 N–H and O–H groups in total. The maximum atomic E-state index is 12.4. The number of amides is 3. The third-order valence-electron chi connectivity index (χ3n) is 3.88. The minimum Gasteiger partial charge on any atom is -0.355 e. The molecule has 0 unspecified atom stereocenters. The van der Waals surface area contributed by atoms with E-state index in [0.717, 1.165) is 12.8 Å². The topological polar surface area (TPSA) is 87.3 Å². The zero-order valence-electron chi connectivity index (χ0n) is 13.6. The molecule has 0 spiro atoms. The molecule has 1 saturated carbocycles. The Morgan fingerprint density at radius 2 is 1.74 bits per heavy atom. The summed E-state index contributed by atoms with van der Waals surface area (Å²) in [5.74, 6) is -0.657. The molecule has 2 rings (SSSR count). The number of anilines is 2. The lowest BCUT2D eigenvalue weighted by molar-refractivity contribution is -0.134. The van der Waals surface area contributed by atoms with Gasteiger partial charge in [-0.05, 0) is 37.5 Å². The first-order valence-corrected chi connectivity index (χ1v) is 7.95. The second-order valence-corrected chi connectivity index (χ2v) is 5.91. The molecule has 124 valence electrons. The Hall–Kier alpha value is -2.37. The van der Waals surface area contributed by atoms with Crippen LogP contribution in [0.1, 0.15) is 39.5 Å². The summed E-state index contributed by atoms with van der Waals surface area (Å²) in [5, 5.41) is 8.27. The molecule has 1 aromatic carbocycles. The molecule has 0 aromatic heterocycles. The van der Waals surface area contributed by atoms with Gasteiger partial charge in [0.2, 0.25) is 17.7 Å². The van der Waals surface area contributed by atoms with E-state index in [1.165, 1.54) is 6.92 Å². The minimum atomic E-state index is -0.933. The van der Waals surface area contributed by atoms with E-state index in [0.29, 0.717) is 30.8 Å². The lowest BCUT2D eigenvalue weighted by Gasteiger charge is -2.15. The fourth-order valence-corrected chi connectivity index (χ4v) is 2.36. The number of nitrogens with one attached hydrogen (secondary N) is 3. The van der Waals surface area contributed by atoms with E-state index >= 15 is 0 Å². The standard InChI is InChI=1S/C17H23N3O3/c1-3-4-10-18-15(22)17(8-9-17)16(23)20-14-7-5-6-13(11-14)19-12(2)21/h5-7,11H,3-4,8-10H2,1-2H3,(H,18,22)(H,19,21)(H,20,23). The van der Waals surface area contributed by atoms with Crippen molar-refractivity contribution >= 4 is 29.1 Å². The summed E-state index contributed by atoms with van der Waals surface area (Å²) in [7, 11) is 0. The van der Waals surface area contributed by atoms with Gasteiger partial charge in [-0.1, -0.05) is 19.4 Å². The highest BCUT2D eigenvalue weighted by molar-refractivity contribution is 6.13. The normalized spacial score (nSPS) is 14.7. The SMILES string of the molecule is CCCCNC(=O)C1(C(=O)Nc2cccc(NC(C)=O)c2)CC1. The maximum Gasteiger partial charge on any atom is 0.240 e. The first kappa shape index (κ1) is 17.0. The summed E-state index contributed by atoms with van der Waals surface area (Å²) in [6, 6.07) is 6.88. The highest BCUT2D eigenvalue weighted by Crippen LogP contribution is 2.46. The average Bonchev–Trinajstić information content (AvgIpc) is 3.28. The number of unbranched alkanes of at least 4 members (excludes halogenated alkanes) is 1. The Balaban J connectivity index is 1.98. The summed E-state index contributed by atoms with van der Waals surface area (Å²) in [6.07, 6.45) is 3.04. The fourth-order valence-electron chi connectivity index (χ4n) is 2.36. The molecule has 6 heteroatoms. The van der Waals surface area contributed by atoms with Gasteiger partial charge in [0.05, 0.1) is 0 Å². The molecule has 1 aromatic rings. The van der Waals surface area contributed by atoms with Gasteiger partial charge in [-0.15, -0.1) is 0 Å². The molecular formula is C17H23N3O3. The number of carbonyl (C=O) groups is 3. The summed E-state index contributed by atoms with van der Waals surface area (Å²) in [5.41, 5.74) is 0.235. The van der Waals surface area contributed by atoms with Crippen LogP contribution >= 0.6 is 0 Å². The molecule has 3 amide bonds. The van der Waals surface area contributed by atoms with E-state index in [4.69, 9.17) is 0 Å². The summed E-state index contributed by atoms with van der Waals surface area (Å²) in [4.78, 5) is 35.7. The van der Waals surface area contributed by atoms with E-state index in [1.807, 2.05) is 6.92 Å². The van der Waals surface area contributed by atoms with Crippen LogP contribution in [0.15, 0.2) is 24.3 Å². The van der Waals surface area contributed by atoms with Crippen LogP contribution in [-0.4, -0.2) is 24.3 Å². The van der Waals surface area contributed by atoms with Crippen molar-refractivity contribution in [2.24, 2.45) is 5.41 Å². The highest BCUT2D eigenvalue weighted by Gasteiger charge is 2.56. The van der Waals surface area contributed by atoms with E-state index in [2.05, 4.69) is 16.0 Å². The first-order valence-electron chi connectivity index (χ1n) is 7.95. The molecule has 1 fully saturated rings. The van der Waals surface area contributed by atoms with Crippen LogP contribution in [-0.2, 0) is 14.4 Å². The van der Waals surface area contributed by atoms with Gasteiger partial charge in [0.1, 0.15) is 5.41 Å². The number of carbonyl (C=O) groups excluding carboxylic acids is 3. The van der Waals surface area contributed by atoms with Crippen molar-refractivity contribution in [1.29, 1.82) is 0 Å². The smallest absolute Gasteiger partial charge is 0.240 e. The van der Waals surface area contributed by atoms with Crippen molar-refractivity contribution in [2.45, 2.75) is 39.5 Å². The van der Waals surface area contributed by atoms with Gasteiger partial charge in [0, 0.05) is 24.8 Å². The van der Waals surface area contributed by atoms with E-state index < -0.39 is 5.41 Å². The number of rotatable bonds is 7. The van der Waals surface area contributed by atoms with Gasteiger partial charge in [0.25, 0.3) is 0 Å². The summed E-state index contributed by atoms with van der Waals surface area (Å²) in [6.45, 7) is 4.07. The van der Waals surface area contributed by atoms with E-state index in [-0.39, 0.29) is 17.7 Å². The zero-order chi connectivity index (χ0) is 16.9. The quantitative estimate of drug-likeness (QED) is 0.532. The Kier molecular flexibility index (Phi) is 5.36. The van der Waals surface area contributed by atoms with Crippen molar-refractivity contribution in [3.8, 4) is 0 Å². The largest absolute Gasteiger partial charge is 0.355 e. The van der Waals surface area contributed by atoms with Crippen LogP contribution in [0, 0.1) is 5.41 Å². The molecule has 23 heavy (non-hydrogen) atoms. The molecule has 0 bridgehead atoms. The van der Waals surface area contributed by atoms with Gasteiger partial charge in [0.15, 0.2) is 0 Å².